The number of β-lactam (4-membered cyclic amide) rings is 1. The quantitative estimate of drug-likeness (QED) is 0.143. The highest BCUT2D eigenvalue weighted by Crippen LogP contribution is 2.41. The standard InChI is InChI=1S/C17H16N8O7S3/c1-24-17(20-22-23-24)35-4-7-3-34-15-11(14(29)25(15)12(7)16(30)31)19-13(28)10(8-5-33-6-18-8)21-32-2-9(26)27/h5-6,11,15H,2-4H2,1H3,(H,19,28)(H,26,27)(H,30,31)/t11?,15-/m0/s1. The van der Waals surface area contributed by atoms with E-state index in [1.54, 1.807) is 7.05 Å². The molecule has 0 spiro atoms. The molecule has 0 radical (unpaired) electrons. The predicted octanol–water partition coefficient (Wildman–Crippen LogP) is -0.997. The number of nitrogens with one attached hydrogen (secondary N) is 1. The van der Waals surface area contributed by atoms with Gasteiger partial charge in [-0.15, -0.1) is 28.2 Å². The molecule has 2 atom stereocenters. The molecule has 15 nitrogen and oxygen atoms in total. The highest BCUT2D eigenvalue weighted by molar-refractivity contribution is 8.01. The van der Waals surface area contributed by atoms with Crippen molar-refractivity contribution in [2.75, 3.05) is 18.1 Å². The van der Waals surface area contributed by atoms with Crippen LogP contribution in [0.25, 0.3) is 0 Å². The van der Waals surface area contributed by atoms with Gasteiger partial charge < -0.3 is 20.4 Å². The molecule has 0 aromatic carbocycles. The first-order valence-corrected chi connectivity index (χ1v) is 12.6. The number of tetrazole rings is 1. The van der Waals surface area contributed by atoms with Crippen LogP contribution in [0.1, 0.15) is 5.69 Å². The zero-order valence-electron chi connectivity index (χ0n) is 17.7. The Morgan fingerprint density at radius 1 is 1.37 bits per heavy atom. The fourth-order valence-corrected chi connectivity index (χ4v) is 6.06. The number of aliphatic carboxylic acids is 2. The second-order valence-electron chi connectivity index (χ2n) is 6.97. The minimum Gasteiger partial charge on any atom is -0.479 e. The SMILES string of the molecule is Cn1nnnc1SCC1=C(C(=O)O)N2C(=O)C(NC(=O)C(=NOCC(=O)O)c3cscn3)[C@@H]2SC1. The van der Waals surface area contributed by atoms with Crippen molar-refractivity contribution < 1.29 is 34.2 Å². The first-order valence-electron chi connectivity index (χ1n) is 9.64. The maximum absolute atomic E-state index is 12.9. The summed E-state index contributed by atoms with van der Waals surface area (Å²) >= 11 is 3.72. The topological polar surface area (TPSA) is 202 Å². The molecular weight excluding hydrogens is 524 g/mol. The second-order valence-corrected chi connectivity index (χ2v) is 9.74. The Kier molecular flexibility index (Phi) is 7.31. The number of carboxylic acids is 2. The van der Waals surface area contributed by atoms with Crippen molar-refractivity contribution in [1.29, 1.82) is 0 Å². The van der Waals surface area contributed by atoms with Crippen LogP contribution >= 0.6 is 34.9 Å². The van der Waals surface area contributed by atoms with E-state index in [4.69, 9.17) is 5.11 Å². The number of hydrogen-bond acceptors (Lipinski definition) is 13. The highest BCUT2D eigenvalue weighted by atomic mass is 32.2. The van der Waals surface area contributed by atoms with Gasteiger partial charge >= 0.3 is 11.9 Å². The molecule has 0 aliphatic carbocycles. The fourth-order valence-electron chi connectivity index (χ4n) is 3.19. The Balaban J connectivity index is 1.48. The average molecular weight is 541 g/mol. The number of carbonyl (C=O) groups excluding carboxylic acids is 2. The smallest absolute Gasteiger partial charge is 0.352 e. The van der Waals surface area contributed by atoms with E-state index >= 15 is 0 Å². The number of carbonyl (C=O) groups is 4. The molecule has 1 unspecified atom stereocenters. The number of aromatic nitrogens is 5. The van der Waals surface area contributed by atoms with Gasteiger partial charge in [0.25, 0.3) is 11.8 Å². The third kappa shape index (κ3) is 5.13. The molecule has 18 heteroatoms. The molecule has 4 rings (SSSR count). The molecule has 184 valence electrons. The number of fused-ring (bicyclic) bond motifs is 1. The number of nitrogens with zero attached hydrogens (tertiary/aromatic N) is 7. The highest BCUT2D eigenvalue weighted by Gasteiger charge is 2.54. The molecule has 1 saturated heterocycles. The van der Waals surface area contributed by atoms with Crippen molar-refractivity contribution in [3.63, 3.8) is 0 Å². The fraction of sp³-hybridized carbons (Fsp3) is 0.353. The van der Waals surface area contributed by atoms with E-state index in [9.17, 15) is 24.3 Å². The molecule has 2 aromatic heterocycles. The van der Waals surface area contributed by atoms with Crippen molar-refractivity contribution >= 4 is 64.3 Å². The number of carboxylic acid groups (broad SMARTS) is 2. The van der Waals surface area contributed by atoms with Gasteiger partial charge in [0.05, 0.1) is 5.51 Å². The summed E-state index contributed by atoms with van der Waals surface area (Å²) in [6.07, 6.45) is 0. The van der Waals surface area contributed by atoms with E-state index in [1.807, 2.05) is 0 Å². The third-order valence-electron chi connectivity index (χ3n) is 4.73. The summed E-state index contributed by atoms with van der Waals surface area (Å²) in [4.78, 5) is 58.2. The van der Waals surface area contributed by atoms with E-state index in [2.05, 4.69) is 35.8 Å². The lowest BCUT2D eigenvalue weighted by molar-refractivity contribution is -0.150. The molecule has 2 aliphatic rings. The molecule has 2 aliphatic heterocycles. The van der Waals surface area contributed by atoms with Crippen LogP contribution in [-0.2, 0) is 31.1 Å². The van der Waals surface area contributed by atoms with E-state index < -0.39 is 41.8 Å². The summed E-state index contributed by atoms with van der Waals surface area (Å²) < 4.78 is 1.45. The number of oxime groups is 1. The molecule has 0 bridgehead atoms. The Bertz CT molecular complexity index is 1230. The van der Waals surface area contributed by atoms with Gasteiger partial charge in [-0.25, -0.2) is 19.3 Å². The van der Waals surface area contributed by atoms with E-state index in [0.29, 0.717) is 16.5 Å². The summed E-state index contributed by atoms with van der Waals surface area (Å²) in [5, 5.41) is 37.1. The van der Waals surface area contributed by atoms with Crippen molar-refractivity contribution in [2.45, 2.75) is 16.6 Å². The van der Waals surface area contributed by atoms with E-state index in [1.165, 1.54) is 50.4 Å². The van der Waals surface area contributed by atoms with Crippen molar-refractivity contribution in [3.05, 3.63) is 27.9 Å². The van der Waals surface area contributed by atoms with Crippen LogP contribution in [0.3, 0.4) is 0 Å². The van der Waals surface area contributed by atoms with Crippen LogP contribution in [-0.4, -0.2) is 99.3 Å². The molecule has 0 saturated carbocycles. The van der Waals surface area contributed by atoms with Crippen LogP contribution in [0.4, 0.5) is 0 Å². The van der Waals surface area contributed by atoms with Crippen molar-refractivity contribution in [1.82, 2.24) is 35.4 Å². The molecular formula is C17H16N8O7S3. The van der Waals surface area contributed by atoms with Gasteiger partial charge in [-0.2, -0.15) is 0 Å². The molecule has 3 N–H and O–H groups in total. The molecule has 4 heterocycles. The lowest BCUT2D eigenvalue weighted by Gasteiger charge is -2.49. The van der Waals surface area contributed by atoms with E-state index in [0.717, 1.165) is 4.90 Å². The summed E-state index contributed by atoms with van der Waals surface area (Å²) in [6.45, 7) is -0.770. The van der Waals surface area contributed by atoms with Gasteiger partial charge in [-0.05, 0) is 16.0 Å². The lowest BCUT2D eigenvalue weighted by Crippen LogP contribution is -2.71. The van der Waals surface area contributed by atoms with Gasteiger partial charge in [0.1, 0.15) is 22.8 Å². The van der Waals surface area contributed by atoms with Crippen LogP contribution in [0.15, 0.2) is 32.5 Å². The zero-order chi connectivity index (χ0) is 25.1. The van der Waals surface area contributed by atoms with Crippen molar-refractivity contribution in [2.24, 2.45) is 12.2 Å². The third-order valence-corrected chi connectivity index (χ3v) is 7.75. The van der Waals surface area contributed by atoms with Crippen molar-refractivity contribution in [3.8, 4) is 0 Å². The first kappa shape index (κ1) is 24.6. The molecule has 35 heavy (non-hydrogen) atoms. The Morgan fingerprint density at radius 2 is 2.17 bits per heavy atom. The molecule has 2 amide bonds. The van der Waals surface area contributed by atoms with E-state index in [-0.39, 0.29) is 22.9 Å². The Morgan fingerprint density at radius 3 is 2.80 bits per heavy atom. The normalized spacial score (nSPS) is 19.7. The molecule has 1 fully saturated rings. The summed E-state index contributed by atoms with van der Waals surface area (Å²) in [7, 11) is 1.66. The largest absolute Gasteiger partial charge is 0.479 e. The zero-order valence-corrected chi connectivity index (χ0v) is 20.2. The van der Waals surface area contributed by atoms with Gasteiger partial charge in [0, 0.05) is 23.9 Å². The number of hydrogen-bond donors (Lipinski definition) is 3. The van der Waals surface area contributed by atoms with Crippen LogP contribution in [0, 0.1) is 0 Å². The van der Waals surface area contributed by atoms with Crippen LogP contribution in [0.2, 0.25) is 0 Å². The summed E-state index contributed by atoms with van der Waals surface area (Å²) in [5.74, 6) is -3.37. The monoisotopic (exact) mass is 540 g/mol. The summed E-state index contributed by atoms with van der Waals surface area (Å²) in [6, 6.07) is -1.01. The number of thiazole rings is 1. The van der Waals surface area contributed by atoms with Gasteiger partial charge in [0.15, 0.2) is 5.71 Å². The summed E-state index contributed by atoms with van der Waals surface area (Å²) in [5.41, 5.74) is 1.68. The minimum atomic E-state index is -1.28. The molecule has 2 aromatic rings. The predicted molar refractivity (Wildman–Crippen MR) is 121 cm³/mol. The van der Waals surface area contributed by atoms with Crippen LogP contribution < -0.4 is 5.32 Å². The van der Waals surface area contributed by atoms with Gasteiger partial charge in [0.2, 0.25) is 11.8 Å². The lowest BCUT2D eigenvalue weighted by atomic mass is 10.0. The number of thioether (sulfide) groups is 2. The average Bonchev–Trinajstić information content (AvgIpc) is 3.49. The Labute approximate surface area is 208 Å². The minimum absolute atomic E-state index is 0.134. The maximum atomic E-state index is 12.9. The first-order chi connectivity index (χ1) is 16.8. The number of rotatable bonds is 10. The van der Waals surface area contributed by atoms with Gasteiger partial charge in [-0.1, -0.05) is 16.9 Å². The van der Waals surface area contributed by atoms with Gasteiger partial charge in [-0.3, -0.25) is 14.5 Å². The number of amides is 2. The Hall–Kier alpha value is -3.51. The second kappa shape index (κ2) is 10.4. The maximum Gasteiger partial charge on any atom is 0.352 e. The van der Waals surface area contributed by atoms with Crippen LogP contribution in [0.5, 0.6) is 0 Å². The number of aryl methyl sites for hydroxylation is 1.